The fraction of sp³-hybridized carbons (Fsp3) is 0.647. The molecule has 0 aromatic heterocycles. The molecule has 6 nitrogen and oxygen atoms in total. The summed E-state index contributed by atoms with van der Waals surface area (Å²) in [5.41, 5.74) is 4.67. The van der Waals surface area contributed by atoms with Crippen LogP contribution < -0.4 is 0 Å². The van der Waals surface area contributed by atoms with Crippen LogP contribution in [0.2, 0.25) is 0 Å². The standard InChI is InChI=1S/C17H28N2O4S2/c1-12-13(2)15(4)17(16(5)14(12)3)25(22,23)19-9-7-8-18(10-11-19)24(6,20)21/h7-11H2,1-6H3. The van der Waals surface area contributed by atoms with Crippen LogP contribution >= 0.6 is 0 Å². The van der Waals surface area contributed by atoms with Gasteiger partial charge >= 0.3 is 0 Å². The van der Waals surface area contributed by atoms with Gasteiger partial charge in [0.05, 0.1) is 11.2 Å². The van der Waals surface area contributed by atoms with Crippen LogP contribution in [0.1, 0.15) is 34.2 Å². The molecule has 8 heteroatoms. The lowest BCUT2D eigenvalue weighted by Gasteiger charge is -2.25. The first-order valence-corrected chi connectivity index (χ1v) is 11.7. The molecule has 1 aromatic rings. The normalized spacial score (nSPS) is 18.3. The minimum absolute atomic E-state index is 0.181. The first-order valence-electron chi connectivity index (χ1n) is 8.41. The van der Waals surface area contributed by atoms with Gasteiger partial charge < -0.3 is 0 Å². The van der Waals surface area contributed by atoms with Crippen LogP contribution in [0.3, 0.4) is 0 Å². The zero-order valence-electron chi connectivity index (χ0n) is 15.9. The maximum Gasteiger partial charge on any atom is 0.243 e. The van der Waals surface area contributed by atoms with Crippen LogP contribution in [0.5, 0.6) is 0 Å². The molecule has 0 radical (unpaired) electrons. The zero-order chi connectivity index (χ0) is 19.2. The van der Waals surface area contributed by atoms with E-state index in [9.17, 15) is 16.8 Å². The van der Waals surface area contributed by atoms with Gasteiger partial charge in [0.2, 0.25) is 20.0 Å². The lowest BCUT2D eigenvalue weighted by Crippen LogP contribution is -2.37. The molecule has 1 fully saturated rings. The number of hydrogen-bond donors (Lipinski definition) is 0. The van der Waals surface area contributed by atoms with Gasteiger partial charge in [0.25, 0.3) is 0 Å². The molecule has 0 aliphatic carbocycles. The molecule has 1 aliphatic rings. The van der Waals surface area contributed by atoms with Crippen LogP contribution in [0, 0.1) is 34.6 Å². The Kier molecular flexibility index (Phi) is 5.68. The minimum atomic E-state index is -3.67. The Labute approximate surface area is 151 Å². The second-order valence-electron chi connectivity index (χ2n) is 6.87. The van der Waals surface area contributed by atoms with Gasteiger partial charge in [0, 0.05) is 26.2 Å². The van der Waals surface area contributed by atoms with Crippen molar-refractivity contribution in [3.05, 3.63) is 27.8 Å². The molecule has 2 rings (SSSR count). The Hall–Kier alpha value is -0.960. The molecule has 0 bridgehead atoms. The van der Waals surface area contributed by atoms with E-state index in [0.29, 0.717) is 24.4 Å². The summed E-state index contributed by atoms with van der Waals surface area (Å²) in [6.45, 7) is 10.7. The zero-order valence-corrected chi connectivity index (χ0v) is 17.5. The highest BCUT2D eigenvalue weighted by molar-refractivity contribution is 7.89. The van der Waals surface area contributed by atoms with E-state index in [4.69, 9.17) is 0 Å². The highest BCUT2D eigenvalue weighted by Gasteiger charge is 2.32. The maximum atomic E-state index is 13.3. The van der Waals surface area contributed by atoms with E-state index in [-0.39, 0.29) is 13.1 Å². The van der Waals surface area contributed by atoms with E-state index < -0.39 is 20.0 Å². The Morgan fingerprint density at radius 2 is 1.04 bits per heavy atom. The quantitative estimate of drug-likeness (QED) is 0.792. The number of hydrogen-bond acceptors (Lipinski definition) is 4. The maximum absolute atomic E-state index is 13.3. The Morgan fingerprint density at radius 1 is 0.640 bits per heavy atom. The van der Waals surface area contributed by atoms with Gasteiger partial charge in [-0.2, -0.15) is 4.31 Å². The van der Waals surface area contributed by atoms with Crippen LogP contribution in [0.25, 0.3) is 0 Å². The average Bonchev–Trinajstić information content (AvgIpc) is 2.77. The minimum Gasteiger partial charge on any atom is -0.213 e. The van der Waals surface area contributed by atoms with Gasteiger partial charge in [-0.1, -0.05) is 0 Å². The van der Waals surface area contributed by atoms with Gasteiger partial charge in [0.1, 0.15) is 0 Å². The molecular formula is C17H28N2O4S2. The van der Waals surface area contributed by atoms with Crippen molar-refractivity contribution in [2.24, 2.45) is 0 Å². The van der Waals surface area contributed by atoms with Crippen LogP contribution in [-0.4, -0.2) is 57.9 Å². The second-order valence-corrected chi connectivity index (χ2v) is 10.7. The number of nitrogens with zero attached hydrogens (tertiary/aromatic N) is 2. The smallest absolute Gasteiger partial charge is 0.213 e. The number of benzene rings is 1. The summed E-state index contributed by atoms with van der Waals surface area (Å²) in [6.07, 6.45) is 1.66. The molecule has 1 aromatic carbocycles. The van der Waals surface area contributed by atoms with Crippen LogP contribution in [0.15, 0.2) is 4.90 Å². The van der Waals surface area contributed by atoms with Crippen LogP contribution in [-0.2, 0) is 20.0 Å². The predicted octanol–water partition coefficient (Wildman–Crippen LogP) is 1.88. The second kappa shape index (κ2) is 6.98. The lowest BCUT2D eigenvalue weighted by atomic mass is 9.95. The summed E-state index contributed by atoms with van der Waals surface area (Å²) in [4.78, 5) is 0.376. The van der Waals surface area contributed by atoms with Crippen molar-refractivity contribution in [2.75, 3.05) is 32.4 Å². The topological polar surface area (TPSA) is 74.8 Å². The van der Waals surface area contributed by atoms with E-state index in [1.54, 1.807) is 0 Å². The average molecular weight is 389 g/mol. The fourth-order valence-electron chi connectivity index (χ4n) is 3.42. The largest absolute Gasteiger partial charge is 0.243 e. The Morgan fingerprint density at radius 3 is 1.52 bits per heavy atom. The third kappa shape index (κ3) is 3.77. The molecule has 1 heterocycles. The molecular weight excluding hydrogens is 360 g/mol. The molecule has 142 valence electrons. The molecule has 0 atom stereocenters. The van der Waals surface area contributed by atoms with Crippen molar-refractivity contribution in [3.8, 4) is 0 Å². The molecule has 0 amide bonds. The molecule has 0 N–H and O–H groups in total. The molecule has 0 saturated carbocycles. The molecule has 1 aliphatic heterocycles. The van der Waals surface area contributed by atoms with Gasteiger partial charge in [-0.15, -0.1) is 0 Å². The number of sulfonamides is 2. The van der Waals surface area contributed by atoms with E-state index in [0.717, 1.165) is 34.1 Å². The summed E-state index contributed by atoms with van der Waals surface area (Å²) in [7, 11) is -6.97. The van der Waals surface area contributed by atoms with Crippen molar-refractivity contribution in [1.82, 2.24) is 8.61 Å². The molecule has 1 saturated heterocycles. The lowest BCUT2D eigenvalue weighted by molar-refractivity contribution is 0.406. The molecule has 0 unspecified atom stereocenters. The highest BCUT2D eigenvalue weighted by Crippen LogP contribution is 2.32. The van der Waals surface area contributed by atoms with Gasteiger partial charge in [-0.3, -0.25) is 0 Å². The van der Waals surface area contributed by atoms with E-state index >= 15 is 0 Å². The summed E-state index contributed by atoms with van der Waals surface area (Å²) >= 11 is 0. The molecule has 25 heavy (non-hydrogen) atoms. The highest BCUT2D eigenvalue weighted by atomic mass is 32.2. The van der Waals surface area contributed by atoms with Gasteiger partial charge in [-0.05, 0) is 68.9 Å². The van der Waals surface area contributed by atoms with Crippen molar-refractivity contribution in [2.45, 2.75) is 45.9 Å². The summed E-state index contributed by atoms with van der Waals surface area (Å²) in [5, 5.41) is 0. The number of rotatable bonds is 3. The van der Waals surface area contributed by atoms with Crippen molar-refractivity contribution < 1.29 is 16.8 Å². The summed E-state index contributed by atoms with van der Waals surface area (Å²) in [5.74, 6) is 0. The Balaban J connectivity index is 2.47. The monoisotopic (exact) mass is 388 g/mol. The third-order valence-electron chi connectivity index (χ3n) is 5.41. The van der Waals surface area contributed by atoms with Gasteiger partial charge in [-0.25, -0.2) is 21.1 Å². The van der Waals surface area contributed by atoms with Crippen molar-refractivity contribution in [1.29, 1.82) is 0 Å². The van der Waals surface area contributed by atoms with Crippen LogP contribution in [0.4, 0.5) is 0 Å². The summed E-state index contributed by atoms with van der Waals surface area (Å²) < 4.78 is 52.9. The van der Waals surface area contributed by atoms with Crippen molar-refractivity contribution >= 4 is 20.0 Å². The summed E-state index contributed by atoms with van der Waals surface area (Å²) in [6, 6.07) is 0. The predicted molar refractivity (Wildman–Crippen MR) is 99.9 cm³/mol. The Bertz CT molecular complexity index is 861. The first-order chi connectivity index (χ1) is 11.4. The fourth-order valence-corrected chi connectivity index (χ4v) is 6.33. The van der Waals surface area contributed by atoms with E-state index in [2.05, 4.69) is 0 Å². The van der Waals surface area contributed by atoms with Gasteiger partial charge in [0.15, 0.2) is 0 Å². The van der Waals surface area contributed by atoms with Crippen molar-refractivity contribution in [3.63, 3.8) is 0 Å². The SMILES string of the molecule is Cc1c(C)c(C)c(S(=O)(=O)N2CCCN(S(C)(=O)=O)CC2)c(C)c1C. The first kappa shape index (κ1) is 20.4. The molecule has 0 spiro atoms. The van der Waals surface area contributed by atoms with E-state index in [1.807, 2.05) is 34.6 Å². The third-order valence-corrected chi connectivity index (χ3v) is 8.89. The van der Waals surface area contributed by atoms with E-state index in [1.165, 1.54) is 8.61 Å².